The molecule has 0 saturated carbocycles. The quantitative estimate of drug-likeness (QED) is 0.540. The second kappa shape index (κ2) is 10.7. The highest BCUT2D eigenvalue weighted by Gasteiger charge is 2.51. The van der Waals surface area contributed by atoms with Gasteiger partial charge in [-0.2, -0.15) is 0 Å². The van der Waals surface area contributed by atoms with Gasteiger partial charge in [0.15, 0.2) is 0 Å². The normalized spacial score (nSPS) is 24.2. The molecule has 0 radical (unpaired) electrons. The smallest absolute Gasteiger partial charge is 0.327 e. The molecule has 4 unspecified atom stereocenters. The first-order valence-electron chi connectivity index (χ1n) is 11.5. The standard InChI is InChI=1S/C25H31N5O4S/c1-5-15-9-11-17(12-10-15)26-19(31)14-35-23-20-22(29(2)25(33)30(3)24(20)32)27-21(28-23)16-7-6-8-18(13-16)34-4/h6-13,20-23,27-28H,5,14H2,1-4H3,(H,26,31). The zero-order valence-corrected chi connectivity index (χ0v) is 21.1. The number of ether oxygens (including phenoxy) is 1. The predicted octanol–water partition coefficient (Wildman–Crippen LogP) is 2.61. The highest BCUT2D eigenvalue weighted by molar-refractivity contribution is 8.00. The van der Waals surface area contributed by atoms with Crippen molar-refractivity contribution in [1.29, 1.82) is 0 Å². The number of urea groups is 1. The van der Waals surface area contributed by atoms with Crippen molar-refractivity contribution in [3.05, 3.63) is 59.7 Å². The molecule has 4 rings (SSSR count). The van der Waals surface area contributed by atoms with E-state index < -0.39 is 17.5 Å². The van der Waals surface area contributed by atoms with Gasteiger partial charge in [-0.25, -0.2) is 4.79 Å². The maximum Gasteiger partial charge on any atom is 0.327 e. The number of aryl methyl sites for hydroxylation is 1. The van der Waals surface area contributed by atoms with Crippen LogP contribution in [0.5, 0.6) is 5.75 Å². The molecular formula is C25H31N5O4S. The van der Waals surface area contributed by atoms with E-state index in [2.05, 4.69) is 22.9 Å². The Bertz CT molecular complexity index is 1100. The van der Waals surface area contributed by atoms with Gasteiger partial charge in [0.05, 0.1) is 36.5 Å². The minimum atomic E-state index is -0.564. The average Bonchev–Trinajstić information content (AvgIpc) is 2.89. The number of anilines is 1. The first-order valence-corrected chi connectivity index (χ1v) is 12.6. The number of hydrogen-bond donors (Lipinski definition) is 3. The van der Waals surface area contributed by atoms with Crippen molar-refractivity contribution in [2.45, 2.75) is 31.0 Å². The van der Waals surface area contributed by atoms with Gasteiger partial charge in [-0.3, -0.25) is 25.1 Å². The van der Waals surface area contributed by atoms with Crippen molar-refractivity contribution < 1.29 is 19.1 Å². The summed E-state index contributed by atoms with van der Waals surface area (Å²) in [4.78, 5) is 41.2. The summed E-state index contributed by atoms with van der Waals surface area (Å²) in [6.07, 6.45) is 0.0628. The van der Waals surface area contributed by atoms with E-state index in [9.17, 15) is 14.4 Å². The number of methoxy groups -OCH3 is 1. The van der Waals surface area contributed by atoms with Gasteiger partial charge in [-0.05, 0) is 41.8 Å². The molecule has 9 nitrogen and oxygen atoms in total. The molecule has 2 aliphatic rings. The summed E-state index contributed by atoms with van der Waals surface area (Å²) in [5.74, 6) is -0.151. The molecule has 3 N–H and O–H groups in total. The predicted molar refractivity (Wildman–Crippen MR) is 136 cm³/mol. The minimum absolute atomic E-state index is 0.149. The van der Waals surface area contributed by atoms with Crippen molar-refractivity contribution in [1.82, 2.24) is 20.4 Å². The van der Waals surface area contributed by atoms with E-state index in [0.29, 0.717) is 5.75 Å². The summed E-state index contributed by atoms with van der Waals surface area (Å²) in [5.41, 5.74) is 2.84. The zero-order chi connectivity index (χ0) is 25.1. The number of imide groups is 1. The Kier molecular flexibility index (Phi) is 7.63. The Balaban J connectivity index is 1.52. The lowest BCUT2D eigenvalue weighted by atomic mass is 9.96. The van der Waals surface area contributed by atoms with Gasteiger partial charge >= 0.3 is 6.03 Å². The number of nitrogens with zero attached hydrogens (tertiary/aromatic N) is 2. The van der Waals surface area contributed by atoms with E-state index in [4.69, 9.17) is 4.74 Å². The summed E-state index contributed by atoms with van der Waals surface area (Å²) >= 11 is 1.36. The largest absolute Gasteiger partial charge is 0.497 e. The number of carbonyl (C=O) groups is 3. The number of thioether (sulfide) groups is 1. The van der Waals surface area contributed by atoms with Crippen LogP contribution in [0, 0.1) is 5.92 Å². The number of rotatable bonds is 7. The second-order valence-corrected chi connectivity index (χ2v) is 9.76. The van der Waals surface area contributed by atoms with Gasteiger partial charge in [0.2, 0.25) is 11.8 Å². The molecule has 2 aliphatic heterocycles. The van der Waals surface area contributed by atoms with E-state index in [1.807, 2.05) is 48.5 Å². The van der Waals surface area contributed by atoms with Crippen LogP contribution < -0.4 is 20.7 Å². The molecule has 0 aromatic heterocycles. The van der Waals surface area contributed by atoms with Gasteiger partial charge in [-0.1, -0.05) is 31.2 Å². The summed E-state index contributed by atoms with van der Waals surface area (Å²) in [6.45, 7) is 2.08. The van der Waals surface area contributed by atoms with Crippen LogP contribution in [0.1, 0.15) is 24.2 Å². The number of carbonyl (C=O) groups excluding carboxylic acids is 3. The Morgan fingerprint density at radius 3 is 2.54 bits per heavy atom. The average molecular weight is 498 g/mol. The molecule has 4 atom stereocenters. The fraction of sp³-hybridized carbons (Fsp3) is 0.400. The van der Waals surface area contributed by atoms with E-state index in [1.54, 1.807) is 19.1 Å². The molecule has 186 valence electrons. The molecule has 0 spiro atoms. The van der Waals surface area contributed by atoms with Crippen molar-refractivity contribution in [3.8, 4) is 5.75 Å². The van der Waals surface area contributed by atoms with Crippen molar-refractivity contribution in [3.63, 3.8) is 0 Å². The van der Waals surface area contributed by atoms with Crippen LogP contribution in [-0.2, 0) is 16.0 Å². The fourth-order valence-corrected chi connectivity index (χ4v) is 5.51. The van der Waals surface area contributed by atoms with Crippen molar-refractivity contribution >= 4 is 35.3 Å². The first-order chi connectivity index (χ1) is 16.8. The van der Waals surface area contributed by atoms with Gasteiger partial charge in [0, 0.05) is 19.8 Å². The summed E-state index contributed by atoms with van der Waals surface area (Å²) in [6, 6.07) is 15.0. The topological polar surface area (TPSA) is 103 Å². The summed E-state index contributed by atoms with van der Waals surface area (Å²) < 4.78 is 5.36. The molecule has 2 heterocycles. The van der Waals surface area contributed by atoms with Crippen molar-refractivity contribution in [2.75, 3.05) is 32.3 Å². The maximum atomic E-state index is 13.1. The molecule has 10 heteroatoms. The number of amides is 4. The van der Waals surface area contributed by atoms with Crippen LogP contribution in [0.15, 0.2) is 48.5 Å². The Morgan fingerprint density at radius 1 is 1.11 bits per heavy atom. The third-order valence-electron chi connectivity index (χ3n) is 6.42. The lowest BCUT2D eigenvalue weighted by Crippen LogP contribution is -2.72. The summed E-state index contributed by atoms with van der Waals surface area (Å²) in [7, 11) is 4.77. The first kappa shape index (κ1) is 25.0. The van der Waals surface area contributed by atoms with E-state index >= 15 is 0 Å². The van der Waals surface area contributed by atoms with Gasteiger partial charge in [0.1, 0.15) is 5.75 Å². The number of nitrogens with one attached hydrogen (secondary N) is 3. The highest BCUT2D eigenvalue weighted by atomic mass is 32.2. The summed E-state index contributed by atoms with van der Waals surface area (Å²) in [5, 5.41) is 9.38. The molecule has 2 aromatic rings. The van der Waals surface area contributed by atoms with Gasteiger partial charge in [-0.15, -0.1) is 11.8 Å². The lowest BCUT2D eigenvalue weighted by Gasteiger charge is -2.50. The third-order valence-corrected chi connectivity index (χ3v) is 7.64. The van der Waals surface area contributed by atoms with Crippen LogP contribution in [0.2, 0.25) is 0 Å². The Labute approximate surface area is 209 Å². The van der Waals surface area contributed by atoms with Crippen molar-refractivity contribution in [2.24, 2.45) is 5.92 Å². The molecule has 2 aromatic carbocycles. The zero-order valence-electron chi connectivity index (χ0n) is 20.3. The van der Waals surface area contributed by atoms with Crippen LogP contribution in [0.3, 0.4) is 0 Å². The van der Waals surface area contributed by atoms with Gasteiger partial charge < -0.3 is 15.0 Å². The molecule has 2 fully saturated rings. The van der Waals surface area contributed by atoms with E-state index in [1.165, 1.54) is 24.4 Å². The van der Waals surface area contributed by atoms with E-state index in [-0.39, 0.29) is 29.8 Å². The van der Waals surface area contributed by atoms with Crippen LogP contribution in [0.25, 0.3) is 0 Å². The molecule has 2 saturated heterocycles. The third kappa shape index (κ3) is 5.29. The number of hydrogen-bond acceptors (Lipinski definition) is 7. The van der Waals surface area contributed by atoms with Crippen LogP contribution in [-0.4, -0.2) is 66.1 Å². The Morgan fingerprint density at radius 2 is 1.86 bits per heavy atom. The maximum absolute atomic E-state index is 13.1. The number of fused-ring (bicyclic) bond motifs is 1. The molecule has 0 aliphatic carbocycles. The van der Waals surface area contributed by atoms with Crippen LogP contribution >= 0.6 is 11.8 Å². The second-order valence-electron chi connectivity index (χ2n) is 8.63. The SMILES string of the molecule is CCc1ccc(NC(=O)CSC2NC(c3cccc(OC)c3)NC3C2C(=O)N(C)C(=O)N3C)cc1. The minimum Gasteiger partial charge on any atom is -0.497 e. The molecule has 4 amide bonds. The molecule has 35 heavy (non-hydrogen) atoms. The molecular weight excluding hydrogens is 466 g/mol. The van der Waals surface area contributed by atoms with Crippen LogP contribution in [0.4, 0.5) is 10.5 Å². The van der Waals surface area contributed by atoms with Gasteiger partial charge in [0.25, 0.3) is 0 Å². The number of benzene rings is 2. The molecule has 0 bridgehead atoms. The Hall–Kier alpha value is -3.08. The lowest BCUT2D eigenvalue weighted by molar-refractivity contribution is -0.140. The fourth-order valence-electron chi connectivity index (χ4n) is 4.40. The highest BCUT2D eigenvalue weighted by Crippen LogP contribution is 2.35. The monoisotopic (exact) mass is 497 g/mol. The van der Waals surface area contributed by atoms with E-state index in [0.717, 1.165) is 22.6 Å².